The fourth-order valence-corrected chi connectivity index (χ4v) is 3.92. The summed E-state index contributed by atoms with van der Waals surface area (Å²) in [7, 11) is -3.64. The molecule has 0 radical (unpaired) electrons. The molecule has 1 aromatic heterocycles. The van der Waals surface area contributed by atoms with Crippen molar-refractivity contribution < 1.29 is 21.8 Å². The first-order chi connectivity index (χ1) is 14.9. The minimum atomic E-state index is -3.64. The normalized spacial score (nSPS) is 11.4. The third kappa shape index (κ3) is 5.13. The van der Waals surface area contributed by atoms with E-state index < -0.39 is 10.1 Å². The van der Waals surface area contributed by atoms with E-state index >= 15 is 0 Å². The predicted molar refractivity (Wildman–Crippen MR) is 118 cm³/mol. The van der Waals surface area contributed by atoms with Gasteiger partial charge in [-0.05, 0) is 46.7 Å². The molecule has 7 heteroatoms. The number of rotatable bonds is 7. The molecule has 0 saturated carbocycles. The third-order valence-corrected chi connectivity index (χ3v) is 5.25. The van der Waals surface area contributed by atoms with Crippen LogP contribution in [0.2, 0.25) is 0 Å². The summed E-state index contributed by atoms with van der Waals surface area (Å²) in [5.41, 5.74) is 1.33. The third-order valence-electron chi connectivity index (χ3n) is 4.75. The smallest absolute Gasteiger partial charge is 0.306 e. The number of fused-ring (bicyclic) bond motifs is 1. The number of benzene rings is 3. The van der Waals surface area contributed by atoms with Crippen LogP contribution in [0.1, 0.15) is 21.7 Å². The molecule has 0 atom stereocenters. The van der Waals surface area contributed by atoms with Crippen molar-refractivity contribution in [1.82, 2.24) is 4.90 Å². The van der Waals surface area contributed by atoms with E-state index in [0.29, 0.717) is 11.3 Å². The summed E-state index contributed by atoms with van der Waals surface area (Å²) in [5.74, 6) is 0.704. The van der Waals surface area contributed by atoms with Gasteiger partial charge in [0.15, 0.2) is 0 Å². The molecule has 0 N–H and O–H groups in total. The SMILES string of the molecule is CS(=O)(=O)Oc1cccc(CN(Cc2ccco2)C(=O)c2cccc3ccccc23)c1. The van der Waals surface area contributed by atoms with Gasteiger partial charge < -0.3 is 13.5 Å². The summed E-state index contributed by atoms with van der Waals surface area (Å²) in [6.45, 7) is 0.524. The Balaban J connectivity index is 1.68. The highest BCUT2D eigenvalue weighted by Gasteiger charge is 2.20. The molecule has 0 saturated heterocycles. The number of hydrogen-bond donors (Lipinski definition) is 0. The summed E-state index contributed by atoms with van der Waals surface area (Å²) in [6.07, 6.45) is 2.56. The van der Waals surface area contributed by atoms with Gasteiger partial charge in [-0.1, -0.05) is 48.5 Å². The van der Waals surface area contributed by atoms with Crippen molar-refractivity contribution in [3.8, 4) is 5.75 Å². The number of amides is 1. The molecule has 1 heterocycles. The van der Waals surface area contributed by atoms with Crippen molar-refractivity contribution in [2.75, 3.05) is 6.26 Å². The van der Waals surface area contributed by atoms with Crippen LogP contribution in [-0.4, -0.2) is 25.5 Å². The average Bonchev–Trinajstić information content (AvgIpc) is 3.24. The first kappa shape index (κ1) is 20.7. The molecular formula is C24H21NO5S. The molecular weight excluding hydrogens is 414 g/mol. The summed E-state index contributed by atoms with van der Waals surface area (Å²) in [5, 5.41) is 1.85. The lowest BCUT2D eigenvalue weighted by molar-refractivity contribution is 0.0719. The van der Waals surface area contributed by atoms with Gasteiger partial charge in [-0.3, -0.25) is 4.79 Å². The van der Waals surface area contributed by atoms with Gasteiger partial charge in [0, 0.05) is 12.1 Å². The largest absolute Gasteiger partial charge is 0.467 e. The van der Waals surface area contributed by atoms with Crippen molar-refractivity contribution in [3.63, 3.8) is 0 Å². The van der Waals surface area contributed by atoms with Gasteiger partial charge in [0.1, 0.15) is 11.5 Å². The molecule has 0 unspecified atom stereocenters. The van der Waals surface area contributed by atoms with Crippen LogP contribution in [0.3, 0.4) is 0 Å². The minimum Gasteiger partial charge on any atom is -0.467 e. The van der Waals surface area contributed by atoms with E-state index in [0.717, 1.165) is 22.6 Å². The fourth-order valence-electron chi connectivity index (χ4n) is 3.46. The van der Waals surface area contributed by atoms with Crippen LogP contribution >= 0.6 is 0 Å². The zero-order valence-corrected chi connectivity index (χ0v) is 17.7. The van der Waals surface area contributed by atoms with Crippen LogP contribution in [-0.2, 0) is 23.2 Å². The highest BCUT2D eigenvalue weighted by atomic mass is 32.2. The van der Waals surface area contributed by atoms with Crippen LogP contribution in [0.25, 0.3) is 10.8 Å². The molecule has 0 bridgehead atoms. The molecule has 31 heavy (non-hydrogen) atoms. The second-order valence-electron chi connectivity index (χ2n) is 7.20. The molecule has 6 nitrogen and oxygen atoms in total. The molecule has 4 rings (SSSR count). The Morgan fingerprint density at radius 3 is 2.48 bits per heavy atom. The standard InChI is InChI=1S/C24H21NO5S/c1-31(27,28)30-20-10-4-7-18(15-20)16-25(17-21-11-6-14-29-21)24(26)23-13-5-9-19-8-2-3-12-22(19)23/h2-15H,16-17H2,1H3. The molecule has 0 spiro atoms. The van der Waals surface area contributed by atoms with Gasteiger partial charge in [0.25, 0.3) is 5.91 Å². The fraction of sp³-hybridized carbons (Fsp3) is 0.125. The van der Waals surface area contributed by atoms with Crippen LogP contribution in [0.4, 0.5) is 0 Å². The van der Waals surface area contributed by atoms with Gasteiger partial charge in [0.2, 0.25) is 0 Å². The summed E-state index contributed by atoms with van der Waals surface area (Å²) in [4.78, 5) is 15.2. The summed E-state index contributed by atoms with van der Waals surface area (Å²) >= 11 is 0. The first-order valence-electron chi connectivity index (χ1n) is 9.67. The molecule has 4 aromatic rings. The number of carbonyl (C=O) groups is 1. The van der Waals surface area contributed by atoms with Crippen LogP contribution < -0.4 is 4.18 Å². The Hall–Kier alpha value is -3.58. The first-order valence-corrected chi connectivity index (χ1v) is 11.5. The van der Waals surface area contributed by atoms with Gasteiger partial charge in [0.05, 0.1) is 19.1 Å². The number of furan rings is 1. The Kier molecular flexibility index (Phi) is 5.77. The van der Waals surface area contributed by atoms with Crippen LogP contribution in [0, 0.1) is 0 Å². The van der Waals surface area contributed by atoms with Crippen molar-refractivity contribution in [3.05, 3.63) is 102 Å². The maximum absolute atomic E-state index is 13.6. The van der Waals surface area contributed by atoms with E-state index in [2.05, 4.69) is 0 Å². The summed E-state index contributed by atoms with van der Waals surface area (Å²) < 4.78 is 33.4. The Labute approximate surface area is 180 Å². The van der Waals surface area contributed by atoms with Crippen LogP contribution in [0.5, 0.6) is 5.75 Å². The van der Waals surface area contributed by atoms with E-state index in [1.807, 2.05) is 54.6 Å². The van der Waals surface area contributed by atoms with Gasteiger partial charge >= 0.3 is 10.1 Å². The second-order valence-corrected chi connectivity index (χ2v) is 8.78. The zero-order valence-electron chi connectivity index (χ0n) is 16.9. The van der Waals surface area contributed by atoms with Crippen molar-refractivity contribution in [1.29, 1.82) is 0 Å². The lowest BCUT2D eigenvalue weighted by Gasteiger charge is -2.23. The number of nitrogens with zero attached hydrogens (tertiary/aromatic N) is 1. The predicted octanol–water partition coefficient (Wildman–Crippen LogP) is 4.61. The molecule has 3 aromatic carbocycles. The van der Waals surface area contributed by atoms with Gasteiger partial charge in [-0.25, -0.2) is 0 Å². The number of hydrogen-bond acceptors (Lipinski definition) is 5. The second kappa shape index (κ2) is 8.65. The number of carbonyl (C=O) groups excluding carboxylic acids is 1. The molecule has 1 amide bonds. The maximum atomic E-state index is 13.6. The van der Waals surface area contributed by atoms with Crippen molar-refractivity contribution >= 4 is 26.8 Å². The van der Waals surface area contributed by atoms with E-state index in [1.165, 1.54) is 0 Å². The molecule has 0 aliphatic carbocycles. The molecule has 158 valence electrons. The van der Waals surface area contributed by atoms with E-state index in [4.69, 9.17) is 8.60 Å². The molecule has 0 fully saturated rings. The Morgan fingerprint density at radius 2 is 1.71 bits per heavy atom. The Bertz CT molecular complexity index is 1310. The van der Waals surface area contributed by atoms with Crippen molar-refractivity contribution in [2.24, 2.45) is 0 Å². The Morgan fingerprint density at radius 1 is 0.935 bits per heavy atom. The van der Waals surface area contributed by atoms with Crippen molar-refractivity contribution in [2.45, 2.75) is 13.1 Å². The van der Waals surface area contributed by atoms with Gasteiger partial charge in [-0.2, -0.15) is 8.42 Å². The maximum Gasteiger partial charge on any atom is 0.306 e. The van der Waals surface area contributed by atoms with Crippen LogP contribution in [0.15, 0.2) is 89.5 Å². The minimum absolute atomic E-state index is 0.150. The highest BCUT2D eigenvalue weighted by Crippen LogP contribution is 2.23. The molecule has 0 aliphatic heterocycles. The quantitative estimate of drug-likeness (QED) is 0.396. The van der Waals surface area contributed by atoms with E-state index in [1.54, 1.807) is 35.4 Å². The summed E-state index contributed by atoms with van der Waals surface area (Å²) in [6, 6.07) is 23.7. The highest BCUT2D eigenvalue weighted by molar-refractivity contribution is 7.86. The lowest BCUT2D eigenvalue weighted by Crippen LogP contribution is -2.30. The molecule has 0 aliphatic rings. The average molecular weight is 436 g/mol. The zero-order chi connectivity index (χ0) is 21.8. The van der Waals surface area contributed by atoms with E-state index in [9.17, 15) is 13.2 Å². The lowest BCUT2D eigenvalue weighted by atomic mass is 10.0. The van der Waals surface area contributed by atoms with E-state index in [-0.39, 0.29) is 24.7 Å². The monoisotopic (exact) mass is 435 g/mol. The van der Waals surface area contributed by atoms with Gasteiger partial charge in [-0.15, -0.1) is 0 Å². The topological polar surface area (TPSA) is 76.8 Å².